The molecule has 0 bridgehead atoms. The van der Waals surface area contributed by atoms with Gasteiger partial charge in [0.15, 0.2) is 0 Å². The Morgan fingerprint density at radius 3 is 2.46 bits per heavy atom. The van der Waals surface area contributed by atoms with Gasteiger partial charge < -0.3 is 19.4 Å². The molecule has 7 heteroatoms. The summed E-state index contributed by atoms with van der Waals surface area (Å²) in [6.07, 6.45) is 1.77. The second kappa shape index (κ2) is 12.0. The molecule has 0 radical (unpaired) electrons. The Bertz CT molecular complexity index is 1190. The van der Waals surface area contributed by atoms with E-state index >= 15 is 0 Å². The van der Waals surface area contributed by atoms with Crippen LogP contribution in [-0.4, -0.2) is 23.3 Å². The van der Waals surface area contributed by atoms with Crippen LogP contribution in [0.4, 0.5) is 0 Å². The van der Waals surface area contributed by atoms with Gasteiger partial charge in [0.25, 0.3) is 0 Å². The molecule has 0 aliphatic carbocycles. The number of amides is 2. The highest BCUT2D eigenvalue weighted by atomic mass is 32.1. The van der Waals surface area contributed by atoms with E-state index in [9.17, 15) is 9.59 Å². The molecular weight excluding hydrogens is 460 g/mol. The van der Waals surface area contributed by atoms with Crippen LogP contribution in [0, 0.1) is 0 Å². The molecule has 1 atom stereocenters. The summed E-state index contributed by atoms with van der Waals surface area (Å²) in [7, 11) is 0. The average molecular weight is 489 g/mol. The standard InChI is InChI=1S/C28H28N2O4S/c1-2-33-23-14-12-22(13-15-23)27(28(32)29-19-21-8-4-3-5-9-21)30(20-24-10-6-16-34-24)26(31)18-25-11-7-17-35-25/h3-17,27H,2,18-20H2,1H3,(H,29,32)/t27-/m1/s1. The molecule has 0 saturated heterocycles. The minimum absolute atomic E-state index is 0.155. The summed E-state index contributed by atoms with van der Waals surface area (Å²) in [6.45, 7) is 3.00. The first-order chi connectivity index (χ1) is 17.1. The van der Waals surface area contributed by atoms with Gasteiger partial charge in [0, 0.05) is 11.4 Å². The van der Waals surface area contributed by atoms with Crippen LogP contribution >= 0.6 is 11.3 Å². The van der Waals surface area contributed by atoms with Crippen LogP contribution in [0.3, 0.4) is 0 Å². The first-order valence-corrected chi connectivity index (χ1v) is 12.4. The molecule has 180 valence electrons. The summed E-state index contributed by atoms with van der Waals surface area (Å²) in [6, 6.07) is 23.6. The minimum atomic E-state index is -0.841. The molecule has 0 aliphatic heterocycles. The van der Waals surface area contributed by atoms with E-state index in [1.165, 1.54) is 11.3 Å². The lowest BCUT2D eigenvalue weighted by Crippen LogP contribution is -2.43. The fraction of sp³-hybridized carbons (Fsp3) is 0.214. The summed E-state index contributed by atoms with van der Waals surface area (Å²) in [4.78, 5) is 29.8. The molecule has 0 unspecified atom stereocenters. The average Bonchev–Trinajstić information content (AvgIpc) is 3.59. The van der Waals surface area contributed by atoms with Crippen LogP contribution in [0.5, 0.6) is 5.75 Å². The fourth-order valence-corrected chi connectivity index (χ4v) is 4.52. The number of rotatable bonds is 11. The van der Waals surface area contributed by atoms with E-state index in [-0.39, 0.29) is 24.8 Å². The van der Waals surface area contributed by atoms with Gasteiger partial charge in [0.05, 0.1) is 25.8 Å². The van der Waals surface area contributed by atoms with Gasteiger partial charge in [-0.3, -0.25) is 9.59 Å². The molecular formula is C28H28N2O4S. The van der Waals surface area contributed by atoms with Crippen molar-refractivity contribution in [3.05, 3.63) is 112 Å². The lowest BCUT2D eigenvalue weighted by molar-refractivity contribution is -0.141. The van der Waals surface area contributed by atoms with Crippen LogP contribution in [-0.2, 0) is 29.1 Å². The molecule has 2 aromatic carbocycles. The highest BCUT2D eigenvalue weighted by molar-refractivity contribution is 7.10. The zero-order valence-corrected chi connectivity index (χ0v) is 20.4. The molecule has 4 rings (SSSR count). The third-order valence-electron chi connectivity index (χ3n) is 5.51. The molecule has 0 saturated carbocycles. The first kappa shape index (κ1) is 24.3. The van der Waals surface area contributed by atoms with Crippen molar-refractivity contribution in [1.82, 2.24) is 10.2 Å². The maximum Gasteiger partial charge on any atom is 0.247 e. The van der Waals surface area contributed by atoms with Gasteiger partial charge in [-0.1, -0.05) is 48.5 Å². The SMILES string of the molecule is CCOc1ccc([C@H](C(=O)NCc2ccccc2)N(Cc2ccco2)C(=O)Cc2cccs2)cc1. The topological polar surface area (TPSA) is 71.8 Å². The number of nitrogens with one attached hydrogen (secondary N) is 1. The Kier molecular flexibility index (Phi) is 8.35. The Balaban J connectivity index is 1.66. The van der Waals surface area contributed by atoms with E-state index in [2.05, 4.69) is 5.32 Å². The first-order valence-electron chi connectivity index (χ1n) is 11.5. The number of thiophene rings is 1. The minimum Gasteiger partial charge on any atom is -0.494 e. The number of furan rings is 1. The van der Waals surface area contributed by atoms with Crippen molar-refractivity contribution in [3.8, 4) is 5.75 Å². The second-order valence-corrected chi connectivity index (χ2v) is 9.00. The van der Waals surface area contributed by atoms with Crippen molar-refractivity contribution in [2.75, 3.05) is 6.61 Å². The van der Waals surface area contributed by atoms with Crippen LogP contribution < -0.4 is 10.1 Å². The molecule has 2 heterocycles. The highest BCUT2D eigenvalue weighted by Crippen LogP contribution is 2.27. The van der Waals surface area contributed by atoms with Crippen LogP contribution in [0.15, 0.2) is 94.9 Å². The van der Waals surface area contributed by atoms with E-state index < -0.39 is 6.04 Å². The lowest BCUT2D eigenvalue weighted by atomic mass is 10.0. The molecule has 4 aromatic rings. The maximum absolute atomic E-state index is 13.6. The number of benzene rings is 2. The van der Waals surface area contributed by atoms with Gasteiger partial charge >= 0.3 is 0 Å². The second-order valence-electron chi connectivity index (χ2n) is 7.97. The van der Waals surface area contributed by atoms with Crippen LogP contribution in [0.25, 0.3) is 0 Å². The number of carbonyl (C=O) groups is 2. The zero-order valence-electron chi connectivity index (χ0n) is 19.6. The lowest BCUT2D eigenvalue weighted by Gasteiger charge is -2.31. The van der Waals surface area contributed by atoms with Gasteiger partial charge in [0.2, 0.25) is 11.8 Å². The maximum atomic E-state index is 13.6. The molecule has 2 aromatic heterocycles. The van der Waals surface area contributed by atoms with E-state index in [1.54, 1.807) is 17.2 Å². The molecule has 35 heavy (non-hydrogen) atoms. The summed E-state index contributed by atoms with van der Waals surface area (Å²) in [5.74, 6) is 0.903. The molecule has 2 amide bonds. The molecule has 0 fully saturated rings. The summed E-state index contributed by atoms with van der Waals surface area (Å²) >= 11 is 1.52. The van der Waals surface area contributed by atoms with Crippen molar-refractivity contribution in [2.24, 2.45) is 0 Å². The number of carbonyl (C=O) groups excluding carboxylic acids is 2. The number of ether oxygens (including phenoxy) is 1. The smallest absolute Gasteiger partial charge is 0.247 e. The zero-order chi connectivity index (χ0) is 24.5. The third-order valence-corrected chi connectivity index (χ3v) is 6.39. The molecule has 1 N–H and O–H groups in total. The normalized spacial score (nSPS) is 11.6. The van der Waals surface area contributed by atoms with Gasteiger partial charge in [-0.25, -0.2) is 0 Å². The molecule has 6 nitrogen and oxygen atoms in total. The van der Waals surface area contributed by atoms with Gasteiger partial charge in [-0.05, 0) is 53.8 Å². The highest BCUT2D eigenvalue weighted by Gasteiger charge is 2.32. The Morgan fingerprint density at radius 1 is 1.00 bits per heavy atom. The van der Waals surface area contributed by atoms with Crippen molar-refractivity contribution in [3.63, 3.8) is 0 Å². The number of hydrogen-bond acceptors (Lipinski definition) is 5. The van der Waals surface area contributed by atoms with Crippen molar-refractivity contribution < 1.29 is 18.7 Å². The van der Waals surface area contributed by atoms with E-state index in [1.807, 2.05) is 85.1 Å². The van der Waals surface area contributed by atoms with E-state index in [4.69, 9.17) is 9.15 Å². The van der Waals surface area contributed by atoms with Gasteiger partial charge in [-0.2, -0.15) is 0 Å². The monoisotopic (exact) mass is 488 g/mol. The largest absolute Gasteiger partial charge is 0.494 e. The van der Waals surface area contributed by atoms with E-state index in [0.29, 0.717) is 30.2 Å². The quantitative estimate of drug-likeness (QED) is 0.308. The predicted octanol–water partition coefficient (Wildman–Crippen LogP) is 5.37. The number of nitrogens with zero attached hydrogens (tertiary/aromatic N) is 1. The van der Waals surface area contributed by atoms with Crippen molar-refractivity contribution >= 4 is 23.2 Å². The Hall–Kier alpha value is -3.84. The fourth-order valence-electron chi connectivity index (χ4n) is 3.83. The van der Waals surface area contributed by atoms with Crippen LogP contribution in [0.2, 0.25) is 0 Å². The third kappa shape index (κ3) is 6.61. The Morgan fingerprint density at radius 2 is 1.80 bits per heavy atom. The van der Waals surface area contributed by atoms with Crippen LogP contribution in [0.1, 0.15) is 34.7 Å². The predicted molar refractivity (Wildman–Crippen MR) is 136 cm³/mol. The summed E-state index contributed by atoms with van der Waals surface area (Å²) in [5.41, 5.74) is 1.68. The van der Waals surface area contributed by atoms with Crippen molar-refractivity contribution in [1.29, 1.82) is 0 Å². The summed E-state index contributed by atoms with van der Waals surface area (Å²) in [5, 5.41) is 4.96. The van der Waals surface area contributed by atoms with Crippen molar-refractivity contribution in [2.45, 2.75) is 32.5 Å². The van der Waals surface area contributed by atoms with Gasteiger partial charge in [0.1, 0.15) is 17.6 Å². The number of hydrogen-bond donors (Lipinski definition) is 1. The summed E-state index contributed by atoms with van der Waals surface area (Å²) < 4.78 is 11.1. The van der Waals surface area contributed by atoms with E-state index in [0.717, 1.165) is 10.4 Å². The molecule has 0 aliphatic rings. The Labute approximate surface area is 209 Å². The molecule has 0 spiro atoms. The van der Waals surface area contributed by atoms with Gasteiger partial charge in [-0.15, -0.1) is 11.3 Å².